The molecule has 0 atom stereocenters. The van der Waals surface area contributed by atoms with Gasteiger partial charge in [-0.1, -0.05) is 32.4 Å². The maximum absolute atomic E-state index is 3.54. The Labute approximate surface area is 166 Å². The van der Waals surface area contributed by atoms with Crippen molar-refractivity contribution in [3.8, 4) is 0 Å². The first-order chi connectivity index (χ1) is 13.1. The van der Waals surface area contributed by atoms with Crippen LogP contribution >= 0.6 is 0 Å². The summed E-state index contributed by atoms with van der Waals surface area (Å²) < 4.78 is 0. The van der Waals surface area contributed by atoms with E-state index >= 15 is 0 Å². The molecule has 27 heavy (non-hydrogen) atoms. The minimum Gasteiger partial charge on any atom is -0.371 e. The largest absolute Gasteiger partial charge is 0.371 e. The summed E-state index contributed by atoms with van der Waals surface area (Å²) in [5.41, 5.74) is 3.47. The van der Waals surface area contributed by atoms with Crippen LogP contribution in [0.5, 0.6) is 0 Å². The first kappa shape index (κ1) is 19.3. The summed E-state index contributed by atoms with van der Waals surface area (Å²) in [6.07, 6.45) is 10.1. The van der Waals surface area contributed by atoms with Crippen molar-refractivity contribution in [3.05, 3.63) is 29.8 Å². The van der Waals surface area contributed by atoms with Crippen LogP contribution in [0.15, 0.2) is 24.3 Å². The minimum atomic E-state index is 0.650. The Morgan fingerprint density at radius 2 is 1.59 bits per heavy atom. The third-order valence-electron chi connectivity index (χ3n) is 7.46. The number of nitrogens with one attached hydrogen (secondary N) is 1. The van der Waals surface area contributed by atoms with Crippen LogP contribution in [-0.4, -0.2) is 43.7 Å². The third-order valence-corrected chi connectivity index (χ3v) is 7.46. The van der Waals surface area contributed by atoms with Gasteiger partial charge in [-0.2, -0.15) is 0 Å². The van der Waals surface area contributed by atoms with E-state index < -0.39 is 0 Å². The van der Waals surface area contributed by atoms with Gasteiger partial charge < -0.3 is 15.1 Å². The summed E-state index contributed by atoms with van der Waals surface area (Å²) in [5, 5.41) is 3.54. The predicted molar refractivity (Wildman–Crippen MR) is 115 cm³/mol. The Kier molecular flexibility index (Phi) is 6.08. The van der Waals surface area contributed by atoms with E-state index in [1.807, 2.05) is 0 Å². The van der Waals surface area contributed by atoms with Crippen molar-refractivity contribution in [2.45, 2.75) is 71.4 Å². The van der Waals surface area contributed by atoms with Crippen LogP contribution in [-0.2, 0) is 6.54 Å². The van der Waals surface area contributed by atoms with E-state index in [2.05, 4.69) is 53.2 Å². The molecule has 1 aromatic rings. The molecular weight excluding hydrogens is 330 g/mol. The van der Waals surface area contributed by atoms with Gasteiger partial charge in [0.05, 0.1) is 0 Å². The maximum Gasteiger partial charge on any atom is 0.0366 e. The number of benzene rings is 1. The van der Waals surface area contributed by atoms with E-state index in [1.165, 1.54) is 82.4 Å². The van der Waals surface area contributed by atoms with Gasteiger partial charge in [-0.25, -0.2) is 0 Å². The molecule has 0 bridgehead atoms. The second-order valence-corrected chi connectivity index (χ2v) is 9.80. The average molecular weight is 370 g/mol. The van der Waals surface area contributed by atoms with Gasteiger partial charge in [0.1, 0.15) is 0 Å². The normalized spacial score (nSPS) is 23.7. The Hall–Kier alpha value is -1.06. The highest BCUT2D eigenvalue weighted by molar-refractivity contribution is 5.48. The van der Waals surface area contributed by atoms with Crippen LogP contribution in [0.2, 0.25) is 0 Å². The molecule has 3 heteroatoms. The summed E-state index contributed by atoms with van der Waals surface area (Å²) in [5.74, 6) is 0.713. The summed E-state index contributed by atoms with van der Waals surface area (Å²) in [6, 6.07) is 10.2. The van der Waals surface area contributed by atoms with Crippen LogP contribution in [0.25, 0.3) is 0 Å². The summed E-state index contributed by atoms with van der Waals surface area (Å²) >= 11 is 0. The number of hydrogen-bond acceptors (Lipinski definition) is 3. The highest BCUT2D eigenvalue weighted by Gasteiger charge is 2.39. The first-order valence-electron chi connectivity index (χ1n) is 11.4. The van der Waals surface area contributed by atoms with Crippen LogP contribution in [0.1, 0.15) is 64.4 Å². The van der Waals surface area contributed by atoms with Gasteiger partial charge in [-0.3, -0.25) is 0 Å². The monoisotopic (exact) mass is 369 g/mol. The number of likely N-dealkylation sites (tertiary alicyclic amines) is 1. The quantitative estimate of drug-likeness (QED) is 0.786. The van der Waals surface area contributed by atoms with Crippen molar-refractivity contribution in [3.63, 3.8) is 0 Å². The van der Waals surface area contributed by atoms with E-state index in [9.17, 15) is 0 Å². The smallest absolute Gasteiger partial charge is 0.0366 e. The topological polar surface area (TPSA) is 18.5 Å². The number of nitrogens with zero attached hydrogens (tertiary/aromatic N) is 2. The van der Waals surface area contributed by atoms with Gasteiger partial charge in [0.2, 0.25) is 0 Å². The Balaban J connectivity index is 1.24. The molecule has 0 unspecified atom stereocenters. The van der Waals surface area contributed by atoms with E-state index in [-0.39, 0.29) is 0 Å². The highest BCUT2D eigenvalue weighted by atomic mass is 15.2. The molecule has 3 nitrogen and oxygen atoms in total. The van der Waals surface area contributed by atoms with Crippen molar-refractivity contribution in [1.29, 1.82) is 0 Å². The van der Waals surface area contributed by atoms with Crippen molar-refractivity contribution >= 4 is 5.69 Å². The highest BCUT2D eigenvalue weighted by Crippen LogP contribution is 2.43. The molecule has 150 valence electrons. The van der Waals surface area contributed by atoms with Gasteiger partial charge in [0.15, 0.2) is 0 Å². The molecule has 2 heterocycles. The predicted octanol–water partition coefficient (Wildman–Crippen LogP) is 4.67. The van der Waals surface area contributed by atoms with Crippen LogP contribution < -0.4 is 10.2 Å². The van der Waals surface area contributed by atoms with Gasteiger partial charge in [0.25, 0.3) is 0 Å². The lowest BCUT2D eigenvalue weighted by Crippen LogP contribution is -2.50. The molecule has 0 amide bonds. The average Bonchev–Trinajstić information content (AvgIpc) is 2.63. The molecule has 3 fully saturated rings. The number of hydrogen-bond donors (Lipinski definition) is 1. The van der Waals surface area contributed by atoms with E-state index in [4.69, 9.17) is 0 Å². The lowest BCUT2D eigenvalue weighted by molar-refractivity contribution is 0.0306. The number of anilines is 1. The molecule has 0 aromatic heterocycles. The molecule has 3 aliphatic rings. The summed E-state index contributed by atoms with van der Waals surface area (Å²) in [4.78, 5) is 5.42. The zero-order chi connectivity index (χ0) is 18.7. The number of piperidine rings is 2. The molecular formula is C24H39N3. The van der Waals surface area contributed by atoms with Crippen LogP contribution in [0.3, 0.4) is 0 Å². The SMILES string of the molecule is CC(C)CNCc1ccc(N2CCC3(CC2)CCN(C2CCC2)CC3)cc1. The fourth-order valence-electron chi connectivity index (χ4n) is 5.18. The fraction of sp³-hybridized carbons (Fsp3) is 0.750. The summed E-state index contributed by atoms with van der Waals surface area (Å²) in [6.45, 7) is 11.8. The van der Waals surface area contributed by atoms with E-state index in [0.29, 0.717) is 11.3 Å². The molecule has 2 aliphatic heterocycles. The number of rotatable bonds is 6. The lowest BCUT2D eigenvalue weighted by Gasteiger charge is -2.50. The molecule has 1 saturated carbocycles. The zero-order valence-corrected chi connectivity index (χ0v) is 17.6. The standard InChI is InChI=1S/C24H39N3/c1-20(2)18-25-19-21-6-8-23(9-7-21)27-16-12-24(13-17-27)10-14-26(15-11-24)22-4-3-5-22/h6-9,20,22,25H,3-5,10-19H2,1-2H3. The van der Waals surface area contributed by atoms with Gasteiger partial charge in [0, 0.05) is 31.4 Å². The molecule has 4 rings (SSSR count). The third kappa shape index (κ3) is 4.68. The second-order valence-electron chi connectivity index (χ2n) is 9.80. The molecule has 1 spiro atoms. The van der Waals surface area contributed by atoms with Crippen molar-refractivity contribution < 1.29 is 0 Å². The van der Waals surface area contributed by atoms with Crippen LogP contribution in [0.4, 0.5) is 5.69 Å². The second kappa shape index (κ2) is 8.53. The summed E-state index contributed by atoms with van der Waals surface area (Å²) in [7, 11) is 0. The molecule has 1 aromatic carbocycles. The molecule has 1 N–H and O–H groups in total. The molecule has 2 saturated heterocycles. The fourth-order valence-corrected chi connectivity index (χ4v) is 5.18. The van der Waals surface area contributed by atoms with Crippen molar-refractivity contribution in [1.82, 2.24) is 10.2 Å². The minimum absolute atomic E-state index is 0.650. The van der Waals surface area contributed by atoms with Gasteiger partial charge >= 0.3 is 0 Å². The van der Waals surface area contributed by atoms with Crippen molar-refractivity contribution in [2.24, 2.45) is 11.3 Å². The van der Waals surface area contributed by atoms with Crippen LogP contribution in [0, 0.1) is 11.3 Å². The molecule has 1 aliphatic carbocycles. The van der Waals surface area contributed by atoms with E-state index in [1.54, 1.807) is 0 Å². The van der Waals surface area contributed by atoms with Gasteiger partial charge in [-0.05, 0) is 87.2 Å². The van der Waals surface area contributed by atoms with Gasteiger partial charge in [-0.15, -0.1) is 0 Å². The Morgan fingerprint density at radius 1 is 0.963 bits per heavy atom. The molecule has 0 radical (unpaired) electrons. The van der Waals surface area contributed by atoms with E-state index in [0.717, 1.165) is 19.1 Å². The maximum atomic E-state index is 3.54. The Bertz CT molecular complexity index is 572. The first-order valence-corrected chi connectivity index (χ1v) is 11.4. The Morgan fingerprint density at radius 3 is 2.15 bits per heavy atom. The van der Waals surface area contributed by atoms with Crippen molar-refractivity contribution in [2.75, 3.05) is 37.6 Å². The zero-order valence-electron chi connectivity index (χ0n) is 17.6. The lowest BCUT2D eigenvalue weighted by atomic mass is 9.70.